The first-order valence-electron chi connectivity index (χ1n) is 7.72. The lowest BCUT2D eigenvalue weighted by atomic mass is 10.1. The average Bonchev–Trinajstić information content (AvgIpc) is 2.58. The van der Waals surface area contributed by atoms with Crippen LogP contribution in [-0.2, 0) is 4.79 Å². The Morgan fingerprint density at radius 1 is 1.16 bits per heavy atom. The molecular formula is C16H22Cl3N3O2S. The van der Waals surface area contributed by atoms with Gasteiger partial charge < -0.3 is 15.5 Å². The summed E-state index contributed by atoms with van der Waals surface area (Å²) in [6.45, 7) is 1.84. The van der Waals surface area contributed by atoms with Crippen molar-refractivity contribution in [2.45, 2.75) is 12.5 Å². The van der Waals surface area contributed by atoms with Gasteiger partial charge in [0.25, 0.3) is 5.91 Å². The number of hydrogen-bond donors (Lipinski definition) is 1. The van der Waals surface area contributed by atoms with E-state index in [4.69, 9.17) is 28.9 Å². The van der Waals surface area contributed by atoms with Crippen LogP contribution in [0.1, 0.15) is 16.8 Å². The van der Waals surface area contributed by atoms with Gasteiger partial charge in [-0.3, -0.25) is 9.59 Å². The first kappa shape index (κ1) is 22.4. The maximum Gasteiger partial charge on any atom is 0.257 e. The third-order valence-corrected chi connectivity index (χ3v) is 5.28. The molecule has 2 amide bonds. The Bertz CT molecular complexity index is 590. The number of carbonyl (C=O) groups excluding carboxylic acids is 2. The highest BCUT2D eigenvalue weighted by Crippen LogP contribution is 2.26. The fourth-order valence-electron chi connectivity index (χ4n) is 2.59. The van der Waals surface area contributed by atoms with Crippen molar-refractivity contribution >= 4 is 59.2 Å². The van der Waals surface area contributed by atoms with Crippen LogP contribution in [0.4, 0.5) is 0 Å². The van der Waals surface area contributed by atoms with Crippen LogP contribution < -0.4 is 5.73 Å². The number of halogens is 3. The quantitative estimate of drug-likeness (QED) is 0.786. The molecule has 1 saturated heterocycles. The molecule has 2 N–H and O–H groups in total. The molecule has 0 unspecified atom stereocenters. The molecular weight excluding hydrogens is 405 g/mol. The Balaban J connectivity index is 0.00000312. The largest absolute Gasteiger partial charge is 0.338 e. The fraction of sp³-hybridized carbons (Fsp3) is 0.500. The molecule has 5 nitrogen and oxygen atoms in total. The zero-order valence-electron chi connectivity index (χ0n) is 13.9. The molecule has 1 aliphatic heterocycles. The van der Waals surface area contributed by atoms with Crippen LogP contribution >= 0.6 is 47.4 Å². The van der Waals surface area contributed by atoms with Gasteiger partial charge in [0.1, 0.15) is 0 Å². The van der Waals surface area contributed by atoms with E-state index in [0.717, 1.165) is 5.75 Å². The van der Waals surface area contributed by atoms with Crippen LogP contribution in [0, 0.1) is 0 Å². The smallest absolute Gasteiger partial charge is 0.257 e. The van der Waals surface area contributed by atoms with E-state index in [1.54, 1.807) is 39.8 Å². The van der Waals surface area contributed by atoms with Crippen LogP contribution in [0.25, 0.3) is 0 Å². The second kappa shape index (κ2) is 10.5. The van der Waals surface area contributed by atoms with E-state index in [-0.39, 0.29) is 24.2 Å². The lowest BCUT2D eigenvalue weighted by Crippen LogP contribution is -2.54. The number of amides is 2. The number of hydrogen-bond acceptors (Lipinski definition) is 4. The molecule has 1 aromatic rings. The number of carbonyl (C=O) groups is 2. The summed E-state index contributed by atoms with van der Waals surface area (Å²) < 4.78 is 0. The summed E-state index contributed by atoms with van der Waals surface area (Å²) in [5, 5.41) is 0.676. The average molecular weight is 427 g/mol. The summed E-state index contributed by atoms with van der Waals surface area (Å²) in [4.78, 5) is 28.3. The maximum absolute atomic E-state index is 12.6. The van der Waals surface area contributed by atoms with Crippen LogP contribution in [0.3, 0.4) is 0 Å². The van der Waals surface area contributed by atoms with Crippen molar-refractivity contribution in [2.75, 3.05) is 38.2 Å². The summed E-state index contributed by atoms with van der Waals surface area (Å²) in [6, 6.07) is 4.52. The second-order valence-corrected chi connectivity index (χ2v) is 7.40. The van der Waals surface area contributed by atoms with Crippen molar-refractivity contribution in [3.63, 3.8) is 0 Å². The van der Waals surface area contributed by atoms with Gasteiger partial charge in [0.15, 0.2) is 0 Å². The van der Waals surface area contributed by atoms with E-state index in [1.807, 2.05) is 6.26 Å². The fourth-order valence-corrected chi connectivity index (χ4v) is 3.64. The maximum atomic E-state index is 12.6. The summed E-state index contributed by atoms with van der Waals surface area (Å²) in [5.74, 6) is 0.604. The highest BCUT2D eigenvalue weighted by atomic mass is 35.5. The SMILES string of the molecule is CSCC[C@H](N)C(=O)N1CCN(C(=O)c2c(Cl)cccc2Cl)CC1.Cl. The summed E-state index contributed by atoms with van der Waals surface area (Å²) >= 11 is 13.9. The standard InChI is InChI=1S/C16H21Cl2N3O2S.ClH/c1-24-10-5-13(19)15(22)20-6-8-21(9-7-20)16(23)14-11(17)3-2-4-12(14)18;/h2-4,13H,5-10,19H2,1H3;1H/t13-;/m0./s1. The first-order chi connectivity index (χ1) is 11.5. The predicted molar refractivity (Wildman–Crippen MR) is 107 cm³/mol. The van der Waals surface area contributed by atoms with E-state index in [0.29, 0.717) is 48.2 Å². The van der Waals surface area contributed by atoms with E-state index in [2.05, 4.69) is 0 Å². The van der Waals surface area contributed by atoms with Gasteiger partial charge in [-0.25, -0.2) is 0 Å². The third-order valence-electron chi connectivity index (χ3n) is 4.01. The minimum Gasteiger partial charge on any atom is -0.338 e. The van der Waals surface area contributed by atoms with Crippen LogP contribution in [0.5, 0.6) is 0 Å². The van der Waals surface area contributed by atoms with Gasteiger partial charge in [-0.15, -0.1) is 12.4 Å². The lowest BCUT2D eigenvalue weighted by molar-refractivity contribution is -0.134. The van der Waals surface area contributed by atoms with Crippen molar-refractivity contribution in [3.05, 3.63) is 33.8 Å². The Morgan fingerprint density at radius 3 is 2.20 bits per heavy atom. The van der Waals surface area contributed by atoms with E-state index < -0.39 is 6.04 Å². The van der Waals surface area contributed by atoms with Crippen molar-refractivity contribution < 1.29 is 9.59 Å². The minimum absolute atomic E-state index is 0. The van der Waals surface area contributed by atoms with E-state index in [9.17, 15) is 9.59 Å². The molecule has 0 aromatic heterocycles. The van der Waals surface area contributed by atoms with Gasteiger partial charge in [0.2, 0.25) is 5.91 Å². The molecule has 1 aromatic carbocycles. The van der Waals surface area contributed by atoms with Crippen molar-refractivity contribution in [2.24, 2.45) is 5.73 Å². The predicted octanol–water partition coefficient (Wildman–Crippen LogP) is 2.78. The number of nitrogens with zero attached hydrogens (tertiary/aromatic N) is 2. The summed E-state index contributed by atoms with van der Waals surface area (Å²) in [6.07, 6.45) is 2.65. The van der Waals surface area contributed by atoms with Crippen molar-refractivity contribution in [1.82, 2.24) is 9.80 Å². The van der Waals surface area contributed by atoms with E-state index in [1.165, 1.54) is 0 Å². The Morgan fingerprint density at radius 2 is 1.68 bits per heavy atom. The molecule has 25 heavy (non-hydrogen) atoms. The highest BCUT2D eigenvalue weighted by molar-refractivity contribution is 7.98. The Hall–Kier alpha value is -0.660. The monoisotopic (exact) mass is 425 g/mol. The van der Waals surface area contributed by atoms with Gasteiger partial charge in [-0.05, 0) is 30.6 Å². The molecule has 0 radical (unpaired) electrons. The van der Waals surface area contributed by atoms with Crippen molar-refractivity contribution in [3.8, 4) is 0 Å². The molecule has 2 rings (SSSR count). The van der Waals surface area contributed by atoms with E-state index >= 15 is 0 Å². The molecule has 1 aliphatic rings. The zero-order chi connectivity index (χ0) is 17.7. The van der Waals surface area contributed by atoms with Crippen molar-refractivity contribution in [1.29, 1.82) is 0 Å². The molecule has 1 atom stereocenters. The molecule has 0 aliphatic carbocycles. The highest BCUT2D eigenvalue weighted by Gasteiger charge is 2.28. The molecule has 0 bridgehead atoms. The third kappa shape index (κ3) is 5.66. The molecule has 9 heteroatoms. The van der Waals surface area contributed by atoms with Crippen LogP contribution in [0.15, 0.2) is 18.2 Å². The Labute approximate surface area is 168 Å². The van der Waals surface area contributed by atoms with Gasteiger partial charge in [-0.2, -0.15) is 11.8 Å². The number of rotatable bonds is 5. The molecule has 0 spiro atoms. The number of thioether (sulfide) groups is 1. The second-order valence-electron chi connectivity index (χ2n) is 5.60. The zero-order valence-corrected chi connectivity index (χ0v) is 17.1. The van der Waals surface area contributed by atoms with Crippen LogP contribution in [0.2, 0.25) is 10.0 Å². The summed E-state index contributed by atoms with van der Waals surface area (Å²) in [7, 11) is 0. The van der Waals surface area contributed by atoms with Gasteiger partial charge in [0.05, 0.1) is 21.7 Å². The van der Waals surface area contributed by atoms with Crippen LogP contribution in [-0.4, -0.2) is 65.8 Å². The number of benzene rings is 1. The molecule has 1 fully saturated rings. The number of piperazine rings is 1. The number of nitrogens with two attached hydrogens (primary N) is 1. The van der Waals surface area contributed by atoms with Gasteiger partial charge >= 0.3 is 0 Å². The topological polar surface area (TPSA) is 66.6 Å². The van der Waals surface area contributed by atoms with Gasteiger partial charge in [0, 0.05) is 26.2 Å². The molecule has 0 saturated carbocycles. The van der Waals surface area contributed by atoms with Gasteiger partial charge in [-0.1, -0.05) is 29.3 Å². The minimum atomic E-state index is -0.474. The normalized spacial score (nSPS) is 15.5. The molecule has 1 heterocycles. The summed E-state index contributed by atoms with van der Waals surface area (Å²) in [5.41, 5.74) is 6.26. The lowest BCUT2D eigenvalue weighted by Gasteiger charge is -2.36. The first-order valence-corrected chi connectivity index (χ1v) is 9.87. The Kier molecular flexibility index (Phi) is 9.38. The molecule has 140 valence electrons.